The van der Waals surface area contributed by atoms with E-state index >= 15 is 0 Å². The van der Waals surface area contributed by atoms with Gasteiger partial charge in [0.25, 0.3) is 5.69 Å². The topological polar surface area (TPSA) is 106 Å². The molecule has 1 saturated heterocycles. The molecule has 136 valence electrons. The number of ether oxygens (including phenoxy) is 1. The summed E-state index contributed by atoms with van der Waals surface area (Å²) < 4.78 is 6.85. The van der Waals surface area contributed by atoms with E-state index < -0.39 is 4.92 Å². The molecule has 1 atom stereocenters. The number of aromatic hydroxyl groups is 1. The lowest BCUT2D eigenvalue weighted by Gasteiger charge is -2.34. The Kier molecular flexibility index (Phi) is 4.31. The quantitative estimate of drug-likeness (QED) is 0.550. The molecule has 1 aliphatic rings. The molecular weight excluding hydrogens is 358 g/mol. The number of nitrogens with zero attached hydrogens (tertiary/aromatic N) is 5. The summed E-state index contributed by atoms with van der Waals surface area (Å²) >= 11 is 1.34. The molecule has 0 spiro atoms. The molecule has 3 aromatic rings. The van der Waals surface area contributed by atoms with Crippen LogP contribution in [0.4, 0.5) is 5.69 Å². The molecule has 3 heterocycles. The third kappa shape index (κ3) is 2.91. The number of morpholine rings is 1. The van der Waals surface area contributed by atoms with Crippen molar-refractivity contribution in [1.29, 1.82) is 0 Å². The summed E-state index contributed by atoms with van der Waals surface area (Å²) in [5.74, 6) is 0.602. The van der Waals surface area contributed by atoms with E-state index in [2.05, 4.69) is 15.0 Å². The van der Waals surface area contributed by atoms with Gasteiger partial charge in [0.1, 0.15) is 5.82 Å². The zero-order chi connectivity index (χ0) is 18.3. The minimum Gasteiger partial charge on any atom is -0.492 e. The molecule has 1 aliphatic heterocycles. The Morgan fingerprint density at radius 1 is 1.38 bits per heavy atom. The third-order valence-corrected chi connectivity index (χ3v) is 5.43. The lowest BCUT2D eigenvalue weighted by atomic mass is 10.0. The van der Waals surface area contributed by atoms with Crippen molar-refractivity contribution < 1.29 is 14.8 Å². The Morgan fingerprint density at radius 3 is 2.85 bits per heavy atom. The summed E-state index contributed by atoms with van der Waals surface area (Å²) in [4.78, 5) is 18.5. The molecule has 1 aromatic carbocycles. The summed E-state index contributed by atoms with van der Waals surface area (Å²) in [6.07, 6.45) is 0. The number of benzene rings is 1. The van der Waals surface area contributed by atoms with Crippen LogP contribution in [0.2, 0.25) is 0 Å². The number of thiazole rings is 1. The zero-order valence-corrected chi connectivity index (χ0v) is 14.8. The van der Waals surface area contributed by atoms with Crippen LogP contribution in [0.1, 0.15) is 22.3 Å². The highest BCUT2D eigenvalue weighted by Gasteiger charge is 2.31. The fourth-order valence-corrected chi connectivity index (χ4v) is 4.36. The highest BCUT2D eigenvalue weighted by Crippen LogP contribution is 2.40. The first-order valence-electron chi connectivity index (χ1n) is 8.16. The van der Waals surface area contributed by atoms with Gasteiger partial charge in [0.15, 0.2) is 0 Å². The number of aromatic nitrogens is 3. The van der Waals surface area contributed by atoms with Gasteiger partial charge in [-0.25, -0.2) is 4.98 Å². The fraction of sp³-hybridized carbons (Fsp3) is 0.375. The molecule has 0 radical (unpaired) electrons. The Bertz CT molecular complexity index is 963. The number of hydrogen-bond donors (Lipinski definition) is 1. The van der Waals surface area contributed by atoms with Crippen LogP contribution in [-0.2, 0) is 4.74 Å². The van der Waals surface area contributed by atoms with Crippen LogP contribution < -0.4 is 0 Å². The van der Waals surface area contributed by atoms with Gasteiger partial charge in [-0.05, 0) is 12.5 Å². The fourth-order valence-electron chi connectivity index (χ4n) is 3.20. The summed E-state index contributed by atoms with van der Waals surface area (Å²) in [5, 5.41) is 26.1. The van der Waals surface area contributed by atoms with E-state index in [0.717, 1.165) is 5.56 Å². The first kappa shape index (κ1) is 16.9. The second kappa shape index (κ2) is 6.63. The molecule has 9 nitrogen and oxygen atoms in total. The SMILES string of the molecule is Cc1nc2sc(C(c3cccc([N+](=O)[O-])c3)N3CCOCC3)c(O)n2n1. The number of nitro groups is 1. The summed E-state index contributed by atoms with van der Waals surface area (Å²) in [7, 11) is 0. The smallest absolute Gasteiger partial charge is 0.269 e. The number of hydrogen-bond acceptors (Lipinski definition) is 8. The highest BCUT2D eigenvalue weighted by atomic mass is 32.1. The van der Waals surface area contributed by atoms with Crippen molar-refractivity contribution in [3.05, 3.63) is 50.6 Å². The predicted molar refractivity (Wildman–Crippen MR) is 94.6 cm³/mol. The third-order valence-electron chi connectivity index (χ3n) is 4.36. The van der Waals surface area contributed by atoms with Crippen molar-refractivity contribution in [2.45, 2.75) is 13.0 Å². The summed E-state index contributed by atoms with van der Waals surface area (Å²) in [6.45, 7) is 4.25. The molecular formula is C16H17N5O4S. The van der Waals surface area contributed by atoms with Crippen LogP contribution in [-0.4, -0.2) is 55.8 Å². The van der Waals surface area contributed by atoms with Crippen LogP contribution in [0.25, 0.3) is 4.96 Å². The van der Waals surface area contributed by atoms with E-state index in [4.69, 9.17) is 4.74 Å². The van der Waals surface area contributed by atoms with E-state index in [9.17, 15) is 15.2 Å². The van der Waals surface area contributed by atoms with Crippen molar-refractivity contribution in [2.24, 2.45) is 0 Å². The van der Waals surface area contributed by atoms with E-state index in [-0.39, 0.29) is 17.6 Å². The average molecular weight is 375 g/mol. The standard InChI is InChI=1S/C16H17N5O4S/c1-10-17-16-20(18-10)15(22)14(26-16)13(19-5-7-25-8-6-19)11-3-2-4-12(9-11)21(23)24/h2-4,9,13,22H,5-8H2,1H3. The first-order valence-corrected chi connectivity index (χ1v) is 8.97. The largest absolute Gasteiger partial charge is 0.492 e. The highest BCUT2D eigenvalue weighted by molar-refractivity contribution is 7.17. The molecule has 4 rings (SSSR count). The molecule has 0 amide bonds. The van der Waals surface area contributed by atoms with Crippen molar-refractivity contribution >= 4 is 22.0 Å². The van der Waals surface area contributed by atoms with Crippen molar-refractivity contribution in [3.63, 3.8) is 0 Å². The van der Waals surface area contributed by atoms with Crippen LogP contribution in [0, 0.1) is 17.0 Å². The molecule has 2 aromatic heterocycles. The number of nitro benzene ring substituents is 1. The number of fused-ring (bicyclic) bond motifs is 1. The van der Waals surface area contributed by atoms with Crippen LogP contribution in [0.5, 0.6) is 5.88 Å². The maximum atomic E-state index is 11.2. The molecule has 1 N–H and O–H groups in total. The number of rotatable bonds is 4. The van der Waals surface area contributed by atoms with Gasteiger partial charge in [-0.3, -0.25) is 15.0 Å². The zero-order valence-electron chi connectivity index (χ0n) is 14.0. The van der Waals surface area contributed by atoms with Crippen molar-refractivity contribution in [1.82, 2.24) is 19.5 Å². The Hall–Kier alpha value is -2.56. The van der Waals surface area contributed by atoms with E-state index in [1.165, 1.54) is 21.9 Å². The van der Waals surface area contributed by atoms with E-state index in [1.54, 1.807) is 19.1 Å². The summed E-state index contributed by atoms with van der Waals surface area (Å²) in [6, 6.07) is 6.20. The lowest BCUT2D eigenvalue weighted by Crippen LogP contribution is -2.39. The van der Waals surface area contributed by atoms with Gasteiger partial charge < -0.3 is 9.84 Å². The van der Waals surface area contributed by atoms with Gasteiger partial charge in [-0.1, -0.05) is 23.5 Å². The van der Waals surface area contributed by atoms with Crippen LogP contribution in [0.3, 0.4) is 0 Å². The Labute approximate surface area is 152 Å². The molecule has 26 heavy (non-hydrogen) atoms. The number of aryl methyl sites for hydroxylation is 1. The average Bonchev–Trinajstić information content (AvgIpc) is 3.14. The Morgan fingerprint density at radius 2 is 2.15 bits per heavy atom. The first-order chi connectivity index (χ1) is 12.5. The second-order valence-electron chi connectivity index (χ2n) is 6.05. The van der Waals surface area contributed by atoms with Gasteiger partial charge in [-0.15, -0.1) is 5.10 Å². The maximum absolute atomic E-state index is 11.2. The lowest BCUT2D eigenvalue weighted by molar-refractivity contribution is -0.384. The normalized spacial score (nSPS) is 16.8. The maximum Gasteiger partial charge on any atom is 0.269 e. The van der Waals surface area contributed by atoms with Crippen molar-refractivity contribution in [3.8, 4) is 5.88 Å². The van der Waals surface area contributed by atoms with E-state index in [1.807, 2.05) is 6.07 Å². The molecule has 0 saturated carbocycles. The van der Waals surface area contributed by atoms with Gasteiger partial charge >= 0.3 is 0 Å². The minimum atomic E-state index is -0.411. The predicted octanol–water partition coefficient (Wildman–Crippen LogP) is 2.13. The van der Waals surface area contributed by atoms with Crippen LogP contribution >= 0.6 is 11.3 Å². The molecule has 1 unspecified atom stereocenters. The molecule has 1 fully saturated rings. The molecule has 0 aliphatic carbocycles. The molecule has 10 heteroatoms. The second-order valence-corrected chi connectivity index (χ2v) is 7.06. The monoisotopic (exact) mass is 375 g/mol. The van der Waals surface area contributed by atoms with Gasteiger partial charge in [-0.2, -0.15) is 4.52 Å². The summed E-state index contributed by atoms with van der Waals surface area (Å²) in [5.41, 5.74) is 0.771. The minimum absolute atomic E-state index is 0.0218. The number of non-ortho nitro benzene ring substituents is 1. The Balaban J connectivity index is 1.84. The van der Waals surface area contributed by atoms with E-state index in [0.29, 0.717) is 42.0 Å². The van der Waals surface area contributed by atoms with Crippen molar-refractivity contribution in [2.75, 3.05) is 26.3 Å². The van der Waals surface area contributed by atoms with Gasteiger partial charge in [0, 0.05) is 25.2 Å². The van der Waals surface area contributed by atoms with Gasteiger partial charge in [0.05, 0.1) is 29.1 Å². The van der Waals surface area contributed by atoms with Gasteiger partial charge in [0.2, 0.25) is 10.8 Å². The van der Waals surface area contributed by atoms with Crippen LogP contribution in [0.15, 0.2) is 24.3 Å². The molecule has 0 bridgehead atoms.